The number of nitrogens with zero attached hydrogens (tertiary/aromatic N) is 2. The summed E-state index contributed by atoms with van der Waals surface area (Å²) in [4.78, 5) is 22.6. The van der Waals surface area contributed by atoms with Gasteiger partial charge in [-0.3, -0.25) is 14.9 Å². The normalized spacial score (nSPS) is 10.2. The average molecular weight is 269 g/mol. The first kappa shape index (κ1) is 14.9. The highest BCUT2D eigenvalue weighted by Crippen LogP contribution is 2.30. The number of primary amides is 1. The van der Waals surface area contributed by atoms with E-state index < -0.39 is 22.3 Å². The number of amides is 1. The third-order valence-corrected chi connectivity index (χ3v) is 2.62. The number of halogens is 1. The van der Waals surface area contributed by atoms with Gasteiger partial charge in [-0.2, -0.15) is 4.39 Å². The topological polar surface area (TPSA) is 89.5 Å². The zero-order valence-corrected chi connectivity index (χ0v) is 10.6. The number of hydrogen-bond acceptors (Lipinski definition) is 4. The molecule has 19 heavy (non-hydrogen) atoms. The van der Waals surface area contributed by atoms with Crippen molar-refractivity contribution in [3.05, 3.63) is 34.1 Å². The summed E-state index contributed by atoms with van der Waals surface area (Å²) in [6.07, 6.45) is 1.57. The van der Waals surface area contributed by atoms with Crippen LogP contribution in [0.3, 0.4) is 0 Å². The second-order valence-corrected chi connectivity index (χ2v) is 4.11. The van der Waals surface area contributed by atoms with Gasteiger partial charge in [0, 0.05) is 6.54 Å². The van der Waals surface area contributed by atoms with Crippen LogP contribution in [0.15, 0.2) is 18.2 Å². The Hall–Kier alpha value is -2.18. The number of hydrogen-bond donors (Lipinski definition) is 1. The maximum Gasteiger partial charge on any atom is 0.327 e. The molecule has 0 aliphatic carbocycles. The molecular formula is C12H16FN3O3. The molecule has 1 aromatic rings. The van der Waals surface area contributed by atoms with Gasteiger partial charge in [-0.15, -0.1) is 0 Å². The third-order valence-electron chi connectivity index (χ3n) is 2.62. The Kier molecular flexibility index (Phi) is 5.23. The first-order valence-corrected chi connectivity index (χ1v) is 5.93. The van der Waals surface area contributed by atoms with Crippen molar-refractivity contribution >= 4 is 17.3 Å². The van der Waals surface area contributed by atoms with Gasteiger partial charge in [0.2, 0.25) is 11.7 Å². The SMILES string of the molecule is CCCCN(CC(N)=O)c1cccc(F)c1[N+](=O)[O-]. The van der Waals surface area contributed by atoms with Gasteiger partial charge in [-0.1, -0.05) is 19.4 Å². The molecule has 0 aromatic heterocycles. The second kappa shape index (κ2) is 6.67. The molecule has 0 saturated carbocycles. The molecule has 104 valence electrons. The number of benzene rings is 1. The van der Waals surface area contributed by atoms with Crippen LogP contribution in [0.5, 0.6) is 0 Å². The van der Waals surface area contributed by atoms with E-state index in [9.17, 15) is 19.3 Å². The third kappa shape index (κ3) is 3.90. The zero-order valence-electron chi connectivity index (χ0n) is 10.6. The van der Waals surface area contributed by atoms with Crippen LogP contribution < -0.4 is 10.6 Å². The number of nitrogens with two attached hydrogens (primary N) is 1. The van der Waals surface area contributed by atoms with Crippen molar-refractivity contribution in [2.75, 3.05) is 18.0 Å². The van der Waals surface area contributed by atoms with Crippen molar-refractivity contribution in [1.29, 1.82) is 0 Å². The molecule has 0 heterocycles. The van der Waals surface area contributed by atoms with Gasteiger partial charge in [-0.05, 0) is 18.6 Å². The molecule has 7 heteroatoms. The summed E-state index contributed by atoms with van der Waals surface area (Å²) in [6.45, 7) is 2.18. The molecule has 0 fully saturated rings. The van der Waals surface area contributed by atoms with E-state index in [2.05, 4.69) is 0 Å². The van der Waals surface area contributed by atoms with Crippen LogP contribution in [-0.2, 0) is 4.79 Å². The first-order valence-electron chi connectivity index (χ1n) is 5.93. The Balaban J connectivity index is 3.16. The Morgan fingerprint density at radius 1 is 1.53 bits per heavy atom. The van der Waals surface area contributed by atoms with Gasteiger partial charge in [-0.25, -0.2) is 0 Å². The van der Waals surface area contributed by atoms with Crippen molar-refractivity contribution < 1.29 is 14.1 Å². The van der Waals surface area contributed by atoms with Crippen LogP contribution in [0.2, 0.25) is 0 Å². The molecule has 0 saturated heterocycles. The fourth-order valence-corrected chi connectivity index (χ4v) is 1.76. The van der Waals surface area contributed by atoms with E-state index in [-0.39, 0.29) is 12.2 Å². The van der Waals surface area contributed by atoms with Crippen molar-refractivity contribution in [1.82, 2.24) is 0 Å². The number of carbonyl (C=O) groups is 1. The maximum atomic E-state index is 13.5. The second-order valence-electron chi connectivity index (χ2n) is 4.11. The van der Waals surface area contributed by atoms with E-state index in [0.717, 1.165) is 18.9 Å². The Bertz CT molecular complexity index is 479. The highest BCUT2D eigenvalue weighted by atomic mass is 19.1. The van der Waals surface area contributed by atoms with Crippen LogP contribution in [0, 0.1) is 15.9 Å². The minimum absolute atomic E-state index is 0.0808. The smallest absolute Gasteiger partial charge is 0.327 e. The lowest BCUT2D eigenvalue weighted by atomic mass is 10.2. The van der Waals surface area contributed by atoms with E-state index in [1.54, 1.807) is 0 Å². The van der Waals surface area contributed by atoms with Gasteiger partial charge in [0.15, 0.2) is 0 Å². The van der Waals surface area contributed by atoms with Gasteiger partial charge < -0.3 is 10.6 Å². The first-order chi connectivity index (χ1) is 8.97. The summed E-state index contributed by atoms with van der Waals surface area (Å²) in [5.74, 6) is -1.54. The molecule has 0 bridgehead atoms. The van der Waals surface area contributed by atoms with Crippen molar-refractivity contribution in [3.63, 3.8) is 0 Å². The average Bonchev–Trinajstić information content (AvgIpc) is 2.33. The van der Waals surface area contributed by atoms with Gasteiger partial charge in [0.25, 0.3) is 0 Å². The molecule has 0 unspecified atom stereocenters. The maximum absolute atomic E-state index is 13.5. The van der Waals surface area contributed by atoms with E-state index in [1.165, 1.54) is 17.0 Å². The number of para-hydroxylation sites is 1. The summed E-state index contributed by atoms with van der Waals surface area (Å²) >= 11 is 0. The standard InChI is InChI=1S/C12H16FN3O3/c1-2-3-7-15(8-11(14)17)10-6-4-5-9(13)12(10)16(18)19/h4-6H,2-3,7-8H2,1H3,(H2,14,17). The summed E-state index contributed by atoms with van der Waals surface area (Å²) in [6, 6.07) is 3.81. The lowest BCUT2D eigenvalue weighted by Gasteiger charge is -2.22. The Morgan fingerprint density at radius 3 is 2.74 bits per heavy atom. The molecule has 0 atom stereocenters. The quantitative estimate of drug-likeness (QED) is 0.604. The lowest BCUT2D eigenvalue weighted by Crippen LogP contribution is -2.35. The number of anilines is 1. The molecule has 0 aliphatic rings. The van der Waals surface area contributed by atoms with Crippen LogP contribution in [-0.4, -0.2) is 23.9 Å². The molecule has 2 N–H and O–H groups in total. The molecule has 0 radical (unpaired) electrons. The van der Waals surface area contributed by atoms with Crippen molar-refractivity contribution in [2.24, 2.45) is 5.73 Å². The molecule has 1 rings (SSSR count). The molecule has 1 amide bonds. The fraction of sp³-hybridized carbons (Fsp3) is 0.417. The molecule has 0 spiro atoms. The van der Waals surface area contributed by atoms with E-state index >= 15 is 0 Å². The number of unbranched alkanes of at least 4 members (excludes halogenated alkanes) is 1. The highest BCUT2D eigenvalue weighted by molar-refractivity contribution is 5.81. The number of nitro benzene ring substituents is 1. The van der Waals surface area contributed by atoms with Crippen LogP contribution >= 0.6 is 0 Å². The summed E-state index contributed by atoms with van der Waals surface area (Å²) in [5, 5.41) is 10.9. The monoisotopic (exact) mass is 269 g/mol. The van der Waals surface area contributed by atoms with Gasteiger partial charge in [0.05, 0.1) is 11.5 Å². The Labute approximate surface area is 110 Å². The molecular weight excluding hydrogens is 253 g/mol. The highest BCUT2D eigenvalue weighted by Gasteiger charge is 2.24. The van der Waals surface area contributed by atoms with E-state index in [4.69, 9.17) is 5.73 Å². The van der Waals surface area contributed by atoms with Crippen molar-refractivity contribution in [2.45, 2.75) is 19.8 Å². The van der Waals surface area contributed by atoms with E-state index in [1.807, 2.05) is 6.92 Å². The minimum Gasteiger partial charge on any atom is -0.368 e. The largest absolute Gasteiger partial charge is 0.368 e. The summed E-state index contributed by atoms with van der Waals surface area (Å²) in [7, 11) is 0. The zero-order chi connectivity index (χ0) is 14.4. The summed E-state index contributed by atoms with van der Waals surface area (Å²) < 4.78 is 13.5. The number of rotatable bonds is 7. The van der Waals surface area contributed by atoms with Crippen LogP contribution in [0.4, 0.5) is 15.8 Å². The molecule has 0 aliphatic heterocycles. The summed E-state index contributed by atoms with van der Waals surface area (Å²) in [5.41, 5.74) is 4.58. The number of nitro groups is 1. The predicted octanol–water partition coefficient (Wildman–Crippen LogP) is 1.83. The van der Waals surface area contributed by atoms with E-state index in [0.29, 0.717) is 6.54 Å². The van der Waals surface area contributed by atoms with Crippen LogP contribution in [0.1, 0.15) is 19.8 Å². The van der Waals surface area contributed by atoms with Crippen molar-refractivity contribution in [3.8, 4) is 0 Å². The minimum atomic E-state index is -0.923. The Morgan fingerprint density at radius 2 is 2.21 bits per heavy atom. The van der Waals surface area contributed by atoms with Gasteiger partial charge >= 0.3 is 5.69 Å². The molecule has 6 nitrogen and oxygen atoms in total. The lowest BCUT2D eigenvalue weighted by molar-refractivity contribution is -0.386. The number of carbonyl (C=O) groups excluding carboxylic acids is 1. The fourth-order valence-electron chi connectivity index (χ4n) is 1.76. The van der Waals surface area contributed by atoms with Crippen LogP contribution in [0.25, 0.3) is 0 Å². The predicted molar refractivity (Wildman–Crippen MR) is 69.4 cm³/mol. The molecule has 1 aromatic carbocycles. The van der Waals surface area contributed by atoms with Gasteiger partial charge in [0.1, 0.15) is 5.69 Å².